The molecule has 5 heteroatoms. The van der Waals surface area contributed by atoms with Gasteiger partial charge in [0.1, 0.15) is 5.60 Å². The highest BCUT2D eigenvalue weighted by molar-refractivity contribution is 5.67. The van der Waals surface area contributed by atoms with Crippen molar-refractivity contribution in [3.8, 4) is 0 Å². The zero-order valence-corrected chi connectivity index (χ0v) is 12.3. The maximum atomic E-state index is 11.4. The van der Waals surface area contributed by atoms with Gasteiger partial charge in [-0.1, -0.05) is 30.3 Å². The normalized spacial score (nSPS) is 14.4. The quantitative estimate of drug-likeness (QED) is 0.769. The van der Waals surface area contributed by atoms with Gasteiger partial charge in [0, 0.05) is 12.6 Å². The van der Waals surface area contributed by atoms with Crippen LogP contribution in [0.1, 0.15) is 38.9 Å². The fourth-order valence-corrected chi connectivity index (χ4v) is 1.71. The molecule has 0 aliphatic rings. The summed E-state index contributed by atoms with van der Waals surface area (Å²) in [5.74, 6) is 0. The largest absolute Gasteiger partial charge is 0.444 e. The van der Waals surface area contributed by atoms with Crippen LogP contribution < -0.4 is 11.1 Å². The summed E-state index contributed by atoms with van der Waals surface area (Å²) >= 11 is 0. The predicted molar refractivity (Wildman–Crippen MR) is 78.2 cm³/mol. The van der Waals surface area contributed by atoms with E-state index >= 15 is 0 Å². The summed E-state index contributed by atoms with van der Waals surface area (Å²) in [6, 6.07) is 8.80. The number of nitrogens with one attached hydrogen (secondary N) is 1. The van der Waals surface area contributed by atoms with Crippen LogP contribution in [0.25, 0.3) is 0 Å². The number of amides is 1. The Morgan fingerprint density at radius 2 is 1.95 bits per heavy atom. The highest BCUT2D eigenvalue weighted by atomic mass is 16.6. The number of aliphatic hydroxyl groups excluding tert-OH is 1. The second-order valence-electron chi connectivity index (χ2n) is 5.74. The van der Waals surface area contributed by atoms with Crippen molar-refractivity contribution in [3.63, 3.8) is 0 Å². The zero-order chi connectivity index (χ0) is 15.2. The molecule has 1 amide bonds. The number of alkyl carbamates (subject to hydrolysis) is 1. The molecule has 0 saturated heterocycles. The Labute approximate surface area is 120 Å². The fourth-order valence-electron chi connectivity index (χ4n) is 1.71. The first-order valence-electron chi connectivity index (χ1n) is 6.75. The van der Waals surface area contributed by atoms with Crippen molar-refractivity contribution in [1.82, 2.24) is 5.32 Å². The van der Waals surface area contributed by atoms with E-state index in [-0.39, 0.29) is 0 Å². The van der Waals surface area contributed by atoms with E-state index in [0.29, 0.717) is 13.0 Å². The van der Waals surface area contributed by atoms with Crippen molar-refractivity contribution < 1.29 is 14.6 Å². The van der Waals surface area contributed by atoms with Crippen LogP contribution in [0.3, 0.4) is 0 Å². The Balaban J connectivity index is 2.33. The predicted octanol–water partition coefficient (Wildman–Crippen LogP) is 1.96. The van der Waals surface area contributed by atoms with Crippen molar-refractivity contribution in [3.05, 3.63) is 35.9 Å². The molecule has 4 N–H and O–H groups in total. The molecule has 5 nitrogen and oxygen atoms in total. The Hall–Kier alpha value is -1.59. The van der Waals surface area contributed by atoms with E-state index in [0.717, 1.165) is 5.56 Å². The van der Waals surface area contributed by atoms with Gasteiger partial charge >= 0.3 is 6.09 Å². The van der Waals surface area contributed by atoms with Crippen LogP contribution >= 0.6 is 0 Å². The summed E-state index contributed by atoms with van der Waals surface area (Å²) in [4.78, 5) is 11.4. The Morgan fingerprint density at radius 1 is 1.35 bits per heavy atom. The van der Waals surface area contributed by atoms with E-state index in [1.165, 1.54) is 0 Å². The molecule has 0 saturated carbocycles. The number of carbonyl (C=O) groups is 1. The summed E-state index contributed by atoms with van der Waals surface area (Å²) in [5.41, 5.74) is 6.18. The van der Waals surface area contributed by atoms with Gasteiger partial charge < -0.3 is 20.9 Å². The molecule has 20 heavy (non-hydrogen) atoms. The van der Waals surface area contributed by atoms with Crippen LogP contribution in [0, 0.1) is 0 Å². The SMILES string of the molecule is CC(C)(C)OC(=O)NCCC(N)C(O)c1ccccc1. The lowest BCUT2D eigenvalue weighted by atomic mass is 10.0. The number of ether oxygens (including phenoxy) is 1. The van der Waals surface area contributed by atoms with Crippen molar-refractivity contribution >= 4 is 6.09 Å². The lowest BCUT2D eigenvalue weighted by Crippen LogP contribution is -2.37. The third kappa shape index (κ3) is 6.04. The zero-order valence-electron chi connectivity index (χ0n) is 12.3. The smallest absolute Gasteiger partial charge is 0.407 e. The van der Waals surface area contributed by atoms with E-state index in [1.807, 2.05) is 30.3 Å². The van der Waals surface area contributed by atoms with E-state index in [9.17, 15) is 9.90 Å². The molecule has 0 spiro atoms. The second kappa shape index (κ2) is 7.26. The number of rotatable bonds is 5. The summed E-state index contributed by atoms with van der Waals surface area (Å²) in [5, 5.41) is 12.7. The lowest BCUT2D eigenvalue weighted by Gasteiger charge is -2.21. The first-order chi connectivity index (χ1) is 9.29. The molecule has 1 aromatic carbocycles. The standard InChI is InChI=1S/C15H24N2O3/c1-15(2,3)20-14(19)17-10-9-12(16)13(18)11-7-5-4-6-8-11/h4-8,12-13,18H,9-10,16H2,1-3H3,(H,17,19). The van der Waals surface area contributed by atoms with Gasteiger partial charge in [-0.3, -0.25) is 0 Å². The molecular weight excluding hydrogens is 256 g/mol. The summed E-state index contributed by atoms with van der Waals surface area (Å²) < 4.78 is 5.11. The minimum absolute atomic E-state index is 0.361. The van der Waals surface area contributed by atoms with Crippen LogP contribution in [0.4, 0.5) is 4.79 Å². The van der Waals surface area contributed by atoms with Crippen molar-refractivity contribution in [2.75, 3.05) is 6.54 Å². The molecule has 0 aliphatic carbocycles. The Morgan fingerprint density at radius 3 is 2.50 bits per heavy atom. The average molecular weight is 280 g/mol. The molecule has 1 rings (SSSR count). The van der Waals surface area contributed by atoms with Crippen LogP contribution in [0.5, 0.6) is 0 Å². The summed E-state index contributed by atoms with van der Waals surface area (Å²) in [7, 11) is 0. The van der Waals surface area contributed by atoms with Gasteiger partial charge in [0.2, 0.25) is 0 Å². The first kappa shape index (κ1) is 16.5. The molecule has 0 aromatic heterocycles. The monoisotopic (exact) mass is 280 g/mol. The maximum absolute atomic E-state index is 11.4. The number of aliphatic hydroxyl groups is 1. The Kier molecular flexibility index (Phi) is 5.98. The third-order valence-corrected chi connectivity index (χ3v) is 2.69. The van der Waals surface area contributed by atoms with Gasteiger partial charge in [-0.05, 0) is 32.8 Å². The van der Waals surface area contributed by atoms with E-state index in [4.69, 9.17) is 10.5 Å². The van der Waals surface area contributed by atoms with Gasteiger partial charge in [0.25, 0.3) is 0 Å². The van der Waals surface area contributed by atoms with Crippen molar-refractivity contribution in [2.24, 2.45) is 5.73 Å². The minimum Gasteiger partial charge on any atom is -0.444 e. The number of hydrogen-bond donors (Lipinski definition) is 3. The van der Waals surface area contributed by atoms with Gasteiger partial charge in [-0.15, -0.1) is 0 Å². The average Bonchev–Trinajstić information content (AvgIpc) is 2.36. The molecule has 1 aromatic rings. The summed E-state index contributed by atoms with van der Waals surface area (Å²) in [6.45, 7) is 5.77. The molecule has 2 atom stereocenters. The van der Waals surface area contributed by atoms with Crippen LogP contribution in [0.15, 0.2) is 30.3 Å². The Bertz CT molecular complexity index is 415. The minimum atomic E-state index is -0.739. The van der Waals surface area contributed by atoms with E-state index in [1.54, 1.807) is 20.8 Å². The molecule has 0 bridgehead atoms. The lowest BCUT2D eigenvalue weighted by molar-refractivity contribution is 0.0521. The molecular formula is C15H24N2O3. The van der Waals surface area contributed by atoms with E-state index in [2.05, 4.69) is 5.32 Å². The highest BCUT2D eigenvalue weighted by Crippen LogP contribution is 2.16. The number of nitrogens with two attached hydrogens (primary N) is 1. The van der Waals surface area contributed by atoms with Crippen LogP contribution in [-0.2, 0) is 4.74 Å². The van der Waals surface area contributed by atoms with Gasteiger partial charge in [-0.2, -0.15) is 0 Å². The molecule has 112 valence electrons. The summed E-state index contributed by atoms with van der Waals surface area (Å²) in [6.07, 6.45) is -0.745. The first-order valence-corrected chi connectivity index (χ1v) is 6.75. The van der Waals surface area contributed by atoms with Crippen LogP contribution in [-0.4, -0.2) is 29.4 Å². The van der Waals surface area contributed by atoms with Gasteiger partial charge in [-0.25, -0.2) is 4.79 Å². The topological polar surface area (TPSA) is 84.6 Å². The van der Waals surface area contributed by atoms with Crippen LogP contribution in [0.2, 0.25) is 0 Å². The van der Waals surface area contributed by atoms with Gasteiger partial charge in [0.15, 0.2) is 0 Å². The second-order valence-corrected chi connectivity index (χ2v) is 5.74. The number of carbonyl (C=O) groups excluding carboxylic acids is 1. The molecule has 2 unspecified atom stereocenters. The number of hydrogen-bond acceptors (Lipinski definition) is 4. The molecule has 0 radical (unpaired) electrons. The molecule has 0 fully saturated rings. The number of benzene rings is 1. The molecule has 0 aliphatic heterocycles. The van der Waals surface area contributed by atoms with Crippen molar-refractivity contribution in [2.45, 2.75) is 44.9 Å². The maximum Gasteiger partial charge on any atom is 0.407 e. The molecule has 0 heterocycles. The van der Waals surface area contributed by atoms with Crippen molar-refractivity contribution in [1.29, 1.82) is 0 Å². The van der Waals surface area contributed by atoms with E-state index < -0.39 is 23.8 Å². The third-order valence-electron chi connectivity index (χ3n) is 2.69. The fraction of sp³-hybridized carbons (Fsp3) is 0.533. The van der Waals surface area contributed by atoms with Gasteiger partial charge in [0.05, 0.1) is 6.10 Å². The highest BCUT2D eigenvalue weighted by Gasteiger charge is 2.18.